The second kappa shape index (κ2) is 12.3. The number of ether oxygens (including phenoxy) is 1. The van der Waals surface area contributed by atoms with E-state index in [1.807, 2.05) is 39.8 Å². The molecule has 1 rings (SSSR count). The maximum Gasteiger partial charge on any atom is 0.406 e. The van der Waals surface area contributed by atoms with Crippen molar-refractivity contribution in [3.8, 4) is 5.75 Å². The van der Waals surface area contributed by atoms with E-state index in [9.17, 15) is 4.57 Å². The van der Waals surface area contributed by atoms with Crippen LogP contribution >= 0.6 is 7.75 Å². The molecule has 0 aliphatic heterocycles. The van der Waals surface area contributed by atoms with Gasteiger partial charge in [-0.2, -0.15) is 0 Å². The minimum atomic E-state index is -3.11. The lowest BCUT2D eigenvalue weighted by Gasteiger charge is -2.23. The molecule has 7 heteroatoms. The lowest BCUT2D eigenvalue weighted by molar-refractivity contribution is 0.135. The van der Waals surface area contributed by atoms with Crippen LogP contribution in [0.3, 0.4) is 0 Å². The summed E-state index contributed by atoms with van der Waals surface area (Å²) in [7, 11) is -1.48. The zero-order valence-electron chi connectivity index (χ0n) is 15.7. The van der Waals surface area contributed by atoms with E-state index in [2.05, 4.69) is 12.0 Å². The standard InChI is InChI=1S/C10H24NO3P.C7H9NO/c1-6-7-8-11-15(12,13-9(2)3)14-10(4)5;1-9-7-4-2-6(8)3-5-7/h9-10H,6-8H2,1-5H3,(H,11,12);2-5H,8H2,1H3. The van der Waals surface area contributed by atoms with E-state index in [-0.39, 0.29) is 12.2 Å². The van der Waals surface area contributed by atoms with Crippen LogP contribution < -0.4 is 15.6 Å². The molecule has 0 amide bonds. The molecular weight excluding hydrogens is 327 g/mol. The third-order valence-corrected chi connectivity index (χ3v) is 4.66. The second-order valence-electron chi connectivity index (χ2n) is 5.84. The molecule has 0 radical (unpaired) electrons. The summed E-state index contributed by atoms with van der Waals surface area (Å²) in [5.74, 6) is 0.837. The average molecular weight is 360 g/mol. The summed E-state index contributed by atoms with van der Waals surface area (Å²) >= 11 is 0. The van der Waals surface area contributed by atoms with Gasteiger partial charge in [0.05, 0.1) is 19.3 Å². The van der Waals surface area contributed by atoms with E-state index in [0.29, 0.717) is 6.54 Å². The number of methoxy groups -OCH3 is 1. The summed E-state index contributed by atoms with van der Waals surface area (Å²) in [5, 5.41) is 2.87. The first-order valence-corrected chi connectivity index (χ1v) is 9.88. The van der Waals surface area contributed by atoms with E-state index in [1.165, 1.54) is 0 Å². The highest BCUT2D eigenvalue weighted by Gasteiger charge is 2.26. The number of unbranched alkanes of at least 4 members (excludes halogenated alkanes) is 1. The van der Waals surface area contributed by atoms with Crippen LogP contribution in [0.1, 0.15) is 47.5 Å². The Hall–Kier alpha value is -1.07. The third kappa shape index (κ3) is 11.5. The van der Waals surface area contributed by atoms with E-state index in [4.69, 9.17) is 19.5 Å². The molecule has 0 atom stereocenters. The summed E-state index contributed by atoms with van der Waals surface area (Å²) in [4.78, 5) is 0. The Balaban J connectivity index is 0.000000496. The number of hydrogen-bond acceptors (Lipinski definition) is 5. The smallest absolute Gasteiger partial charge is 0.406 e. The summed E-state index contributed by atoms with van der Waals surface area (Å²) in [6.45, 7) is 10.1. The Morgan fingerprint density at radius 2 is 1.58 bits per heavy atom. The van der Waals surface area contributed by atoms with Gasteiger partial charge in [0.2, 0.25) is 0 Å². The van der Waals surface area contributed by atoms with Crippen LogP contribution in [0.15, 0.2) is 24.3 Å². The Labute approximate surface area is 146 Å². The van der Waals surface area contributed by atoms with Crippen molar-refractivity contribution in [2.75, 3.05) is 19.4 Å². The molecule has 0 saturated carbocycles. The topological polar surface area (TPSA) is 82.8 Å². The molecule has 1 aromatic rings. The number of hydrogen-bond donors (Lipinski definition) is 2. The number of nitrogen functional groups attached to an aromatic ring is 1. The van der Waals surface area contributed by atoms with Gasteiger partial charge in [-0.05, 0) is 58.4 Å². The van der Waals surface area contributed by atoms with Gasteiger partial charge in [0, 0.05) is 12.2 Å². The fourth-order valence-corrected chi connectivity index (χ4v) is 3.39. The molecule has 0 aliphatic carbocycles. The molecule has 0 aliphatic rings. The predicted octanol–water partition coefficient (Wildman–Crippen LogP) is 4.61. The summed E-state index contributed by atoms with van der Waals surface area (Å²) in [6, 6.07) is 7.27. The van der Waals surface area contributed by atoms with E-state index >= 15 is 0 Å². The zero-order valence-corrected chi connectivity index (χ0v) is 16.6. The predicted molar refractivity (Wildman–Crippen MR) is 100 cm³/mol. The van der Waals surface area contributed by atoms with Crippen LogP contribution in [0.4, 0.5) is 5.69 Å². The number of benzene rings is 1. The minimum absolute atomic E-state index is 0.108. The lowest BCUT2D eigenvalue weighted by atomic mass is 10.3. The van der Waals surface area contributed by atoms with E-state index in [1.54, 1.807) is 19.2 Å². The quantitative estimate of drug-likeness (QED) is 0.380. The minimum Gasteiger partial charge on any atom is -0.497 e. The summed E-state index contributed by atoms with van der Waals surface area (Å²) in [5.41, 5.74) is 6.19. The molecule has 0 saturated heterocycles. The maximum atomic E-state index is 12.2. The Kier molecular flexibility index (Phi) is 11.8. The van der Waals surface area contributed by atoms with Gasteiger partial charge >= 0.3 is 7.75 Å². The lowest BCUT2D eigenvalue weighted by Crippen LogP contribution is -2.20. The van der Waals surface area contributed by atoms with Crippen molar-refractivity contribution in [2.45, 2.75) is 59.7 Å². The largest absolute Gasteiger partial charge is 0.497 e. The highest BCUT2D eigenvalue weighted by atomic mass is 31.2. The van der Waals surface area contributed by atoms with Gasteiger partial charge < -0.3 is 10.5 Å². The molecule has 24 heavy (non-hydrogen) atoms. The molecule has 6 nitrogen and oxygen atoms in total. The van der Waals surface area contributed by atoms with Crippen LogP contribution in [-0.4, -0.2) is 25.9 Å². The number of nitrogens with one attached hydrogen (secondary N) is 1. The fourth-order valence-electron chi connectivity index (χ4n) is 1.65. The van der Waals surface area contributed by atoms with Crippen molar-refractivity contribution in [1.29, 1.82) is 0 Å². The molecule has 0 unspecified atom stereocenters. The molecule has 0 fully saturated rings. The number of anilines is 1. The van der Waals surface area contributed by atoms with Gasteiger partial charge in [-0.1, -0.05) is 13.3 Å². The zero-order chi connectivity index (χ0) is 18.6. The first-order valence-electron chi connectivity index (χ1n) is 8.34. The van der Waals surface area contributed by atoms with Gasteiger partial charge in [-0.25, -0.2) is 9.65 Å². The van der Waals surface area contributed by atoms with Crippen molar-refractivity contribution in [3.63, 3.8) is 0 Å². The van der Waals surface area contributed by atoms with Crippen molar-refractivity contribution in [1.82, 2.24) is 5.09 Å². The number of rotatable bonds is 9. The van der Waals surface area contributed by atoms with Crippen molar-refractivity contribution in [2.24, 2.45) is 0 Å². The normalized spacial score (nSPS) is 11.3. The molecule has 0 bridgehead atoms. The van der Waals surface area contributed by atoms with E-state index in [0.717, 1.165) is 24.3 Å². The molecule has 0 aromatic heterocycles. The van der Waals surface area contributed by atoms with Crippen LogP contribution in [-0.2, 0) is 13.6 Å². The molecule has 0 spiro atoms. The van der Waals surface area contributed by atoms with Gasteiger partial charge in [-0.3, -0.25) is 9.05 Å². The summed E-state index contributed by atoms with van der Waals surface area (Å²) in [6.07, 6.45) is 1.80. The Bertz CT molecular complexity index is 464. The van der Waals surface area contributed by atoms with Crippen LogP contribution in [0, 0.1) is 0 Å². The first kappa shape index (κ1) is 22.9. The number of nitrogens with two attached hydrogens (primary N) is 1. The van der Waals surface area contributed by atoms with Gasteiger partial charge in [0.15, 0.2) is 0 Å². The second-order valence-corrected chi connectivity index (χ2v) is 7.57. The highest BCUT2D eigenvalue weighted by Crippen LogP contribution is 2.46. The van der Waals surface area contributed by atoms with Crippen molar-refractivity contribution >= 4 is 13.4 Å². The third-order valence-electron chi connectivity index (χ3n) is 2.65. The monoisotopic (exact) mass is 360 g/mol. The molecule has 1 aromatic carbocycles. The Morgan fingerprint density at radius 1 is 1.08 bits per heavy atom. The molecule has 140 valence electrons. The summed E-state index contributed by atoms with van der Waals surface area (Å²) < 4.78 is 27.7. The van der Waals surface area contributed by atoms with Crippen LogP contribution in [0.25, 0.3) is 0 Å². The SMILES string of the molecule is CCCCNP(=O)(OC(C)C)OC(C)C.COc1ccc(N)cc1. The first-order chi connectivity index (χ1) is 11.2. The van der Waals surface area contributed by atoms with E-state index < -0.39 is 7.75 Å². The molecule has 3 N–H and O–H groups in total. The van der Waals surface area contributed by atoms with Crippen LogP contribution in [0.2, 0.25) is 0 Å². The average Bonchev–Trinajstić information content (AvgIpc) is 2.47. The molecular formula is C17H33N2O4P. The van der Waals surface area contributed by atoms with Crippen LogP contribution in [0.5, 0.6) is 5.75 Å². The highest BCUT2D eigenvalue weighted by molar-refractivity contribution is 7.51. The van der Waals surface area contributed by atoms with Gasteiger partial charge in [0.1, 0.15) is 5.75 Å². The molecule has 0 heterocycles. The van der Waals surface area contributed by atoms with Crippen molar-refractivity contribution in [3.05, 3.63) is 24.3 Å². The van der Waals surface area contributed by atoms with Crippen molar-refractivity contribution < 1.29 is 18.3 Å². The van der Waals surface area contributed by atoms with Gasteiger partial charge in [0.25, 0.3) is 0 Å². The fraction of sp³-hybridized carbons (Fsp3) is 0.647. The van der Waals surface area contributed by atoms with Gasteiger partial charge in [-0.15, -0.1) is 0 Å². The maximum absolute atomic E-state index is 12.2. The Morgan fingerprint density at radius 3 is 1.96 bits per heavy atom.